The van der Waals surface area contributed by atoms with Crippen LogP contribution in [0, 0.1) is 0 Å². The Balaban J connectivity index is 5.01. The van der Waals surface area contributed by atoms with E-state index in [4.69, 9.17) is 0 Å². The van der Waals surface area contributed by atoms with Crippen molar-refractivity contribution < 1.29 is 30.7 Å². The summed E-state index contributed by atoms with van der Waals surface area (Å²) in [5.41, 5.74) is 0. The first-order valence-corrected chi connectivity index (χ1v) is 3.05. The SMILES string of the molecule is F/C(Br)=C(/F)C(F)(F)C(F)(F)F. The van der Waals surface area contributed by atoms with Crippen molar-refractivity contribution in [2.75, 3.05) is 0 Å². The molecule has 12 heavy (non-hydrogen) atoms. The molecule has 0 saturated carbocycles. The lowest BCUT2D eigenvalue weighted by Crippen LogP contribution is -2.37. The van der Waals surface area contributed by atoms with Crippen LogP contribution < -0.4 is 0 Å². The number of hydrogen-bond acceptors (Lipinski definition) is 0. The molecule has 72 valence electrons. The van der Waals surface area contributed by atoms with Crippen LogP contribution in [0.3, 0.4) is 0 Å². The molecule has 0 unspecified atom stereocenters. The molecule has 0 amide bonds. The van der Waals surface area contributed by atoms with Crippen molar-refractivity contribution in [3.8, 4) is 0 Å². The third-order valence-corrected chi connectivity index (χ3v) is 1.15. The van der Waals surface area contributed by atoms with E-state index in [0.29, 0.717) is 0 Å². The Morgan fingerprint density at radius 2 is 1.25 bits per heavy atom. The van der Waals surface area contributed by atoms with Gasteiger partial charge in [-0.15, -0.1) is 0 Å². The van der Waals surface area contributed by atoms with Crippen molar-refractivity contribution in [1.29, 1.82) is 0 Å². The Bertz CT molecular complexity index is 198. The molecule has 0 N–H and O–H groups in total. The van der Waals surface area contributed by atoms with E-state index in [1.165, 1.54) is 15.9 Å². The summed E-state index contributed by atoms with van der Waals surface area (Å²) in [6.07, 6.45) is -6.14. The first kappa shape index (κ1) is 11.7. The highest BCUT2D eigenvalue weighted by Crippen LogP contribution is 2.43. The normalized spacial score (nSPS) is 16.0. The van der Waals surface area contributed by atoms with E-state index >= 15 is 0 Å². The van der Waals surface area contributed by atoms with Gasteiger partial charge >= 0.3 is 12.1 Å². The fourth-order valence-electron chi connectivity index (χ4n) is 0.243. The second-order valence-electron chi connectivity index (χ2n) is 1.65. The molecule has 0 aromatic heterocycles. The zero-order valence-electron chi connectivity index (χ0n) is 5.02. The maximum atomic E-state index is 11.8. The highest BCUT2D eigenvalue weighted by Gasteiger charge is 2.62. The van der Waals surface area contributed by atoms with Gasteiger partial charge in [-0.1, -0.05) is 0 Å². The van der Waals surface area contributed by atoms with Gasteiger partial charge in [0.1, 0.15) is 0 Å². The summed E-state index contributed by atoms with van der Waals surface area (Å²) < 4.78 is 78.2. The standard InChI is InChI=1S/C4BrF7/c5-2(7)1(6)3(8,9)4(10,11)12/b2-1+. The lowest BCUT2D eigenvalue weighted by molar-refractivity contribution is -0.270. The van der Waals surface area contributed by atoms with Gasteiger partial charge in [0.05, 0.1) is 0 Å². The predicted octanol–water partition coefficient (Wildman–Crippen LogP) is 3.69. The van der Waals surface area contributed by atoms with Crippen LogP contribution in [0.2, 0.25) is 0 Å². The van der Waals surface area contributed by atoms with Crippen LogP contribution in [0.5, 0.6) is 0 Å². The number of allylic oxidation sites excluding steroid dienone is 1. The van der Waals surface area contributed by atoms with Crippen LogP contribution in [0.25, 0.3) is 0 Å². The minimum absolute atomic E-state index is 1.53. The van der Waals surface area contributed by atoms with Crippen molar-refractivity contribution >= 4 is 15.9 Å². The van der Waals surface area contributed by atoms with Gasteiger partial charge < -0.3 is 0 Å². The summed E-state index contributed by atoms with van der Waals surface area (Å²) in [6, 6.07) is 0. The second kappa shape index (κ2) is 3.23. The molecular formula is C4BrF7. The molecule has 0 radical (unpaired) electrons. The Hall–Kier alpha value is -0.270. The zero-order valence-corrected chi connectivity index (χ0v) is 6.61. The van der Waals surface area contributed by atoms with Gasteiger partial charge in [-0.25, -0.2) is 4.39 Å². The molecule has 0 aliphatic carbocycles. The number of alkyl halides is 5. The van der Waals surface area contributed by atoms with Gasteiger partial charge in [0.25, 0.3) is 0 Å². The Morgan fingerprint density at radius 3 is 1.33 bits per heavy atom. The van der Waals surface area contributed by atoms with Crippen molar-refractivity contribution in [2.24, 2.45) is 0 Å². The van der Waals surface area contributed by atoms with Gasteiger partial charge in [-0.05, 0) is 15.9 Å². The lowest BCUT2D eigenvalue weighted by Gasteiger charge is -2.16. The van der Waals surface area contributed by atoms with Crippen LogP contribution in [0.4, 0.5) is 30.7 Å². The molecular weight excluding hydrogens is 261 g/mol. The number of rotatable bonds is 1. The molecule has 0 aliphatic heterocycles. The van der Waals surface area contributed by atoms with Gasteiger partial charge in [0, 0.05) is 0 Å². The number of hydrogen-bond donors (Lipinski definition) is 0. The van der Waals surface area contributed by atoms with Crippen LogP contribution in [-0.4, -0.2) is 12.1 Å². The fourth-order valence-corrected chi connectivity index (χ4v) is 0.492. The largest absolute Gasteiger partial charge is 0.460 e. The van der Waals surface area contributed by atoms with Crippen molar-refractivity contribution in [1.82, 2.24) is 0 Å². The van der Waals surface area contributed by atoms with Crippen LogP contribution in [0.15, 0.2) is 10.6 Å². The fraction of sp³-hybridized carbons (Fsp3) is 0.500. The summed E-state index contributed by atoms with van der Waals surface area (Å²) in [6.45, 7) is 0. The summed E-state index contributed by atoms with van der Waals surface area (Å²) in [4.78, 5) is 0. The maximum absolute atomic E-state index is 11.8. The molecule has 0 rings (SSSR count). The molecule has 0 bridgehead atoms. The van der Waals surface area contributed by atoms with E-state index in [0.717, 1.165) is 0 Å². The van der Waals surface area contributed by atoms with Crippen molar-refractivity contribution in [2.45, 2.75) is 12.1 Å². The zero-order chi connectivity index (χ0) is 10.2. The molecule has 0 spiro atoms. The Morgan fingerprint density at radius 1 is 0.917 bits per heavy atom. The minimum Gasteiger partial charge on any atom is -0.201 e. The van der Waals surface area contributed by atoms with Gasteiger partial charge in [-0.2, -0.15) is 26.3 Å². The highest BCUT2D eigenvalue weighted by atomic mass is 79.9. The molecule has 0 saturated heterocycles. The molecule has 8 heteroatoms. The van der Waals surface area contributed by atoms with E-state index in [1.54, 1.807) is 0 Å². The van der Waals surface area contributed by atoms with E-state index in [-0.39, 0.29) is 0 Å². The molecule has 0 atom stereocenters. The van der Waals surface area contributed by atoms with Crippen molar-refractivity contribution in [3.05, 3.63) is 10.6 Å². The average molecular weight is 261 g/mol. The molecule has 0 fully saturated rings. The molecule has 0 aliphatic rings. The van der Waals surface area contributed by atoms with Crippen LogP contribution in [-0.2, 0) is 0 Å². The highest BCUT2D eigenvalue weighted by molar-refractivity contribution is 9.11. The van der Waals surface area contributed by atoms with Gasteiger partial charge in [0.2, 0.25) is 10.6 Å². The molecule has 0 aromatic rings. The summed E-state index contributed by atoms with van der Waals surface area (Å²) in [5, 5.41) is 0. The Labute approximate surface area is 70.2 Å². The third kappa shape index (κ3) is 2.11. The van der Waals surface area contributed by atoms with Gasteiger partial charge in [-0.3, -0.25) is 0 Å². The first-order chi connectivity index (χ1) is 5.10. The van der Waals surface area contributed by atoms with Gasteiger partial charge in [0.15, 0.2) is 0 Å². The summed E-state index contributed by atoms with van der Waals surface area (Å²) in [7, 11) is 0. The maximum Gasteiger partial charge on any atom is 0.460 e. The molecule has 0 heterocycles. The monoisotopic (exact) mass is 260 g/mol. The summed E-state index contributed by atoms with van der Waals surface area (Å²) >= 11 is 1.53. The van der Waals surface area contributed by atoms with E-state index in [2.05, 4.69) is 0 Å². The third-order valence-electron chi connectivity index (χ3n) is 0.798. The topological polar surface area (TPSA) is 0 Å². The predicted molar refractivity (Wildman–Crippen MR) is 29.2 cm³/mol. The van der Waals surface area contributed by atoms with E-state index in [9.17, 15) is 30.7 Å². The second-order valence-corrected chi connectivity index (χ2v) is 2.34. The lowest BCUT2D eigenvalue weighted by atomic mass is 10.3. The first-order valence-electron chi connectivity index (χ1n) is 2.26. The summed E-state index contributed by atoms with van der Waals surface area (Å²) in [5.74, 6) is -8.98. The molecule has 0 aromatic carbocycles. The van der Waals surface area contributed by atoms with E-state index in [1.807, 2.05) is 0 Å². The smallest absolute Gasteiger partial charge is 0.201 e. The van der Waals surface area contributed by atoms with Crippen molar-refractivity contribution in [3.63, 3.8) is 0 Å². The van der Waals surface area contributed by atoms with Crippen LogP contribution >= 0.6 is 15.9 Å². The Kier molecular flexibility index (Phi) is 3.16. The average Bonchev–Trinajstić information content (AvgIpc) is 1.83. The molecule has 0 nitrogen and oxygen atoms in total. The van der Waals surface area contributed by atoms with E-state index < -0.39 is 22.7 Å². The van der Waals surface area contributed by atoms with Crippen LogP contribution in [0.1, 0.15) is 0 Å². The minimum atomic E-state index is -6.14. The number of halogens is 8. The quantitative estimate of drug-likeness (QED) is 0.631.